The lowest BCUT2D eigenvalue weighted by Gasteiger charge is -2.28. The number of benzene rings is 1. The minimum atomic E-state index is 0.678. The number of aryl methyl sites for hydroxylation is 1. The van der Waals surface area contributed by atoms with Crippen molar-refractivity contribution in [3.63, 3.8) is 0 Å². The molecule has 1 heterocycles. The van der Waals surface area contributed by atoms with Crippen molar-refractivity contribution in [1.82, 2.24) is 4.98 Å². The Hall–Kier alpha value is -1.63. The maximum absolute atomic E-state index is 4.87. The van der Waals surface area contributed by atoms with E-state index in [1.807, 2.05) is 0 Å². The van der Waals surface area contributed by atoms with Gasteiger partial charge in [-0.2, -0.15) is 0 Å². The molecule has 0 unspecified atom stereocenters. The summed E-state index contributed by atoms with van der Waals surface area (Å²) in [6.07, 6.45) is 19.7. The van der Waals surface area contributed by atoms with Gasteiger partial charge >= 0.3 is 0 Å². The molecule has 2 aromatic rings. The molecule has 3 rings (SSSR count). The van der Waals surface area contributed by atoms with Gasteiger partial charge in [0.25, 0.3) is 0 Å². The van der Waals surface area contributed by atoms with Gasteiger partial charge in [0.1, 0.15) is 0 Å². The van der Waals surface area contributed by atoms with E-state index < -0.39 is 0 Å². The first-order valence-corrected chi connectivity index (χ1v) is 12.4. The summed E-state index contributed by atoms with van der Waals surface area (Å²) in [6.45, 7) is 4.58. The molecule has 0 aliphatic heterocycles. The van der Waals surface area contributed by atoms with Crippen LogP contribution in [0.3, 0.4) is 0 Å². The average Bonchev–Trinajstić information content (AvgIpc) is 2.78. The van der Waals surface area contributed by atoms with Crippen LogP contribution in [-0.4, -0.2) is 4.98 Å². The van der Waals surface area contributed by atoms with Crippen LogP contribution in [0.5, 0.6) is 0 Å². The molecule has 0 bridgehead atoms. The Morgan fingerprint density at radius 2 is 1.41 bits per heavy atom. The summed E-state index contributed by atoms with van der Waals surface area (Å²) in [7, 11) is 0. The van der Waals surface area contributed by atoms with Crippen molar-refractivity contribution < 1.29 is 0 Å². The van der Waals surface area contributed by atoms with Crippen LogP contribution in [0, 0.1) is 5.92 Å². The highest BCUT2D eigenvalue weighted by atomic mass is 14.7. The minimum Gasteiger partial charge on any atom is -0.260 e. The highest BCUT2D eigenvalue weighted by Gasteiger charge is 2.22. The van der Waals surface area contributed by atoms with Gasteiger partial charge in [-0.15, -0.1) is 0 Å². The zero-order valence-corrected chi connectivity index (χ0v) is 18.8. The molecule has 1 aromatic carbocycles. The number of hydrogen-bond donors (Lipinski definition) is 0. The third kappa shape index (κ3) is 6.98. The van der Waals surface area contributed by atoms with Gasteiger partial charge in [-0.25, -0.2) is 0 Å². The predicted octanol–water partition coefficient (Wildman–Crippen LogP) is 8.73. The van der Waals surface area contributed by atoms with Crippen LogP contribution < -0.4 is 0 Å². The standard InChI is InChI=1S/C28H41N/c1-3-5-7-8-9-11-24-12-16-25(17-13-24)27-20-21-28(29-22-27)26-18-14-23(15-19-26)10-6-4-2/h12-13,16-17,20-23,26H,3-11,14-15,18-19H2,1-2H3/t23-,26-. The van der Waals surface area contributed by atoms with Crippen molar-refractivity contribution in [3.05, 3.63) is 53.9 Å². The number of aromatic nitrogens is 1. The molecule has 1 aromatic heterocycles. The normalized spacial score (nSPS) is 19.4. The molecule has 1 fully saturated rings. The topological polar surface area (TPSA) is 12.9 Å². The van der Waals surface area contributed by atoms with Gasteiger partial charge in [0.15, 0.2) is 0 Å². The zero-order chi connectivity index (χ0) is 20.3. The summed E-state index contributed by atoms with van der Waals surface area (Å²) in [5.74, 6) is 1.65. The molecule has 1 heteroatoms. The Labute approximate surface area is 179 Å². The van der Waals surface area contributed by atoms with E-state index in [4.69, 9.17) is 4.98 Å². The molecule has 0 radical (unpaired) electrons. The number of nitrogens with zero attached hydrogens (tertiary/aromatic N) is 1. The molecule has 29 heavy (non-hydrogen) atoms. The highest BCUT2D eigenvalue weighted by molar-refractivity contribution is 5.62. The van der Waals surface area contributed by atoms with E-state index in [9.17, 15) is 0 Å². The summed E-state index contributed by atoms with van der Waals surface area (Å²) in [5.41, 5.74) is 5.32. The van der Waals surface area contributed by atoms with Gasteiger partial charge in [0.05, 0.1) is 0 Å². The maximum Gasteiger partial charge on any atom is 0.0434 e. The SMILES string of the molecule is CCCCCCCc1ccc(-c2ccc([C@H]3CC[C@H](CCCC)CC3)nc2)cc1. The van der Waals surface area contributed by atoms with E-state index in [-0.39, 0.29) is 0 Å². The zero-order valence-electron chi connectivity index (χ0n) is 18.8. The van der Waals surface area contributed by atoms with Crippen LogP contribution in [-0.2, 0) is 6.42 Å². The van der Waals surface area contributed by atoms with E-state index >= 15 is 0 Å². The quantitative estimate of drug-likeness (QED) is 0.349. The van der Waals surface area contributed by atoms with Crippen LogP contribution in [0.1, 0.15) is 108 Å². The summed E-state index contributed by atoms with van der Waals surface area (Å²) in [6, 6.07) is 13.7. The lowest BCUT2D eigenvalue weighted by Crippen LogP contribution is -2.14. The van der Waals surface area contributed by atoms with Crippen molar-refractivity contribution in [1.29, 1.82) is 0 Å². The van der Waals surface area contributed by atoms with Crippen molar-refractivity contribution in [3.8, 4) is 11.1 Å². The van der Waals surface area contributed by atoms with E-state index in [1.54, 1.807) is 0 Å². The molecule has 1 aliphatic carbocycles. The lowest BCUT2D eigenvalue weighted by molar-refractivity contribution is 0.301. The Bertz CT molecular complexity index is 677. The largest absolute Gasteiger partial charge is 0.260 e. The summed E-state index contributed by atoms with van der Waals surface area (Å²) < 4.78 is 0. The van der Waals surface area contributed by atoms with Gasteiger partial charge < -0.3 is 0 Å². The van der Waals surface area contributed by atoms with E-state index in [1.165, 1.54) is 106 Å². The molecule has 0 amide bonds. The number of pyridine rings is 1. The second-order valence-electron chi connectivity index (χ2n) is 9.19. The van der Waals surface area contributed by atoms with Crippen LogP contribution in [0.4, 0.5) is 0 Å². The van der Waals surface area contributed by atoms with Gasteiger partial charge in [-0.3, -0.25) is 4.98 Å². The summed E-state index contributed by atoms with van der Waals surface area (Å²) in [4.78, 5) is 4.87. The van der Waals surface area contributed by atoms with Crippen LogP contribution in [0.25, 0.3) is 11.1 Å². The van der Waals surface area contributed by atoms with Crippen molar-refractivity contribution in [2.24, 2.45) is 5.92 Å². The second-order valence-corrected chi connectivity index (χ2v) is 9.19. The van der Waals surface area contributed by atoms with Crippen LogP contribution in [0.2, 0.25) is 0 Å². The molecule has 1 aliphatic rings. The smallest absolute Gasteiger partial charge is 0.0434 e. The Balaban J connectivity index is 1.48. The molecular formula is C28H41N. The van der Waals surface area contributed by atoms with Gasteiger partial charge in [-0.1, -0.05) is 89.1 Å². The van der Waals surface area contributed by atoms with E-state index in [0.717, 1.165) is 5.92 Å². The van der Waals surface area contributed by atoms with Gasteiger partial charge in [-0.05, 0) is 61.6 Å². The molecule has 0 atom stereocenters. The molecule has 0 N–H and O–H groups in total. The third-order valence-corrected chi connectivity index (χ3v) is 6.87. The fourth-order valence-corrected chi connectivity index (χ4v) is 4.85. The van der Waals surface area contributed by atoms with Crippen molar-refractivity contribution in [2.75, 3.05) is 0 Å². The fraction of sp³-hybridized carbons (Fsp3) is 0.607. The van der Waals surface area contributed by atoms with Crippen molar-refractivity contribution in [2.45, 2.75) is 103 Å². The summed E-state index contributed by atoms with van der Waals surface area (Å²) in [5, 5.41) is 0. The first-order valence-electron chi connectivity index (χ1n) is 12.4. The first-order chi connectivity index (χ1) is 14.3. The van der Waals surface area contributed by atoms with E-state index in [2.05, 4.69) is 56.4 Å². The molecule has 0 saturated heterocycles. The lowest BCUT2D eigenvalue weighted by atomic mass is 9.78. The number of hydrogen-bond acceptors (Lipinski definition) is 1. The van der Waals surface area contributed by atoms with Crippen LogP contribution in [0.15, 0.2) is 42.6 Å². The number of rotatable bonds is 11. The van der Waals surface area contributed by atoms with Gasteiger partial charge in [0.2, 0.25) is 0 Å². The van der Waals surface area contributed by atoms with Crippen molar-refractivity contribution >= 4 is 0 Å². The Kier molecular flexibility index (Phi) is 9.25. The molecule has 0 spiro atoms. The van der Waals surface area contributed by atoms with E-state index in [0.29, 0.717) is 5.92 Å². The molecular weight excluding hydrogens is 350 g/mol. The number of unbranched alkanes of at least 4 members (excludes halogenated alkanes) is 5. The molecule has 1 saturated carbocycles. The minimum absolute atomic E-state index is 0.678. The Morgan fingerprint density at radius 1 is 0.724 bits per heavy atom. The third-order valence-electron chi connectivity index (χ3n) is 6.87. The fourth-order valence-electron chi connectivity index (χ4n) is 4.85. The monoisotopic (exact) mass is 391 g/mol. The van der Waals surface area contributed by atoms with Gasteiger partial charge in [0, 0.05) is 23.4 Å². The average molecular weight is 392 g/mol. The maximum atomic E-state index is 4.87. The summed E-state index contributed by atoms with van der Waals surface area (Å²) >= 11 is 0. The van der Waals surface area contributed by atoms with Crippen LogP contribution >= 0.6 is 0 Å². The highest BCUT2D eigenvalue weighted by Crippen LogP contribution is 2.37. The molecule has 1 nitrogen and oxygen atoms in total. The predicted molar refractivity (Wildman–Crippen MR) is 126 cm³/mol. The molecule has 158 valence electrons. The Morgan fingerprint density at radius 3 is 2.07 bits per heavy atom. The first kappa shape index (κ1) is 22.1. The second kappa shape index (κ2) is 12.2.